The third-order valence-corrected chi connectivity index (χ3v) is 5.41. The summed E-state index contributed by atoms with van der Waals surface area (Å²) >= 11 is 1.75. The van der Waals surface area contributed by atoms with E-state index in [1.807, 2.05) is 0 Å². The van der Waals surface area contributed by atoms with Gasteiger partial charge in [-0.25, -0.2) is 0 Å². The van der Waals surface area contributed by atoms with Crippen LogP contribution in [0.15, 0.2) is 16.8 Å². The third-order valence-electron chi connectivity index (χ3n) is 4.70. The predicted molar refractivity (Wildman–Crippen MR) is 82.8 cm³/mol. The zero-order chi connectivity index (χ0) is 13.8. The lowest BCUT2D eigenvalue weighted by Crippen LogP contribution is -2.38. The van der Waals surface area contributed by atoms with Crippen molar-refractivity contribution in [3.63, 3.8) is 0 Å². The van der Waals surface area contributed by atoms with Crippen LogP contribution in [0.5, 0.6) is 0 Å². The van der Waals surface area contributed by atoms with Gasteiger partial charge in [-0.05, 0) is 61.2 Å². The summed E-state index contributed by atoms with van der Waals surface area (Å²) in [6, 6.07) is 2.57. The molecule has 3 rings (SSSR count). The van der Waals surface area contributed by atoms with Gasteiger partial charge < -0.3 is 5.32 Å². The number of hydrogen-bond donors (Lipinski definition) is 1. The van der Waals surface area contributed by atoms with Gasteiger partial charge in [-0.15, -0.1) is 0 Å². The van der Waals surface area contributed by atoms with E-state index in [4.69, 9.17) is 0 Å². The minimum Gasteiger partial charge on any atom is -0.354 e. The zero-order valence-electron chi connectivity index (χ0n) is 12.0. The van der Waals surface area contributed by atoms with Crippen LogP contribution in [0.4, 0.5) is 0 Å². The predicted octanol–water partition coefficient (Wildman–Crippen LogP) is 3.19. The lowest BCUT2D eigenvalue weighted by Gasteiger charge is -2.27. The van der Waals surface area contributed by atoms with Gasteiger partial charge in [0.15, 0.2) is 0 Å². The second kappa shape index (κ2) is 6.72. The highest BCUT2D eigenvalue weighted by molar-refractivity contribution is 7.07. The van der Waals surface area contributed by atoms with Crippen LogP contribution in [-0.2, 0) is 4.79 Å². The summed E-state index contributed by atoms with van der Waals surface area (Å²) < 4.78 is 0. The molecule has 2 heterocycles. The molecule has 2 fully saturated rings. The summed E-state index contributed by atoms with van der Waals surface area (Å²) in [7, 11) is 0. The molecule has 4 heteroatoms. The second-order valence-corrected chi connectivity index (χ2v) is 6.82. The molecule has 20 heavy (non-hydrogen) atoms. The van der Waals surface area contributed by atoms with E-state index in [1.165, 1.54) is 44.3 Å². The topological polar surface area (TPSA) is 32.3 Å². The Kier molecular flexibility index (Phi) is 4.73. The molecule has 1 aliphatic heterocycles. The van der Waals surface area contributed by atoms with Gasteiger partial charge in [0.1, 0.15) is 0 Å². The molecule has 1 aromatic rings. The molecule has 1 N–H and O–H groups in total. The Morgan fingerprint density at radius 3 is 2.70 bits per heavy atom. The Morgan fingerprint density at radius 2 is 2.05 bits per heavy atom. The van der Waals surface area contributed by atoms with Gasteiger partial charge in [-0.2, -0.15) is 11.3 Å². The fraction of sp³-hybridized carbons (Fsp3) is 0.688. The van der Waals surface area contributed by atoms with E-state index in [9.17, 15) is 4.79 Å². The summed E-state index contributed by atoms with van der Waals surface area (Å²) in [5, 5.41) is 7.58. The molecule has 1 unspecified atom stereocenters. The molecule has 0 aromatic carbocycles. The maximum atomic E-state index is 12.2. The van der Waals surface area contributed by atoms with Crippen molar-refractivity contribution in [1.29, 1.82) is 0 Å². The van der Waals surface area contributed by atoms with Gasteiger partial charge in [0, 0.05) is 12.5 Å². The van der Waals surface area contributed by atoms with Gasteiger partial charge in [-0.3, -0.25) is 9.69 Å². The second-order valence-electron chi connectivity index (χ2n) is 6.04. The summed E-state index contributed by atoms with van der Waals surface area (Å²) in [6.45, 7) is 3.10. The van der Waals surface area contributed by atoms with Crippen molar-refractivity contribution in [2.24, 2.45) is 5.92 Å². The van der Waals surface area contributed by atoms with Crippen molar-refractivity contribution >= 4 is 17.2 Å². The Hall–Kier alpha value is -0.870. The minimum absolute atomic E-state index is 0.275. The Balaban J connectivity index is 1.59. The quantitative estimate of drug-likeness (QED) is 0.904. The van der Waals surface area contributed by atoms with Crippen molar-refractivity contribution in [2.45, 2.75) is 44.6 Å². The van der Waals surface area contributed by atoms with Crippen LogP contribution in [0.3, 0.4) is 0 Å². The number of thiophene rings is 1. The average Bonchev–Trinajstić information content (AvgIpc) is 3.22. The number of amides is 1. The van der Waals surface area contributed by atoms with E-state index in [1.54, 1.807) is 11.3 Å². The average molecular weight is 292 g/mol. The largest absolute Gasteiger partial charge is 0.354 e. The van der Waals surface area contributed by atoms with E-state index in [-0.39, 0.29) is 11.8 Å². The van der Waals surface area contributed by atoms with Gasteiger partial charge in [0.2, 0.25) is 5.91 Å². The van der Waals surface area contributed by atoms with Crippen LogP contribution < -0.4 is 5.32 Å². The van der Waals surface area contributed by atoms with Crippen molar-refractivity contribution in [1.82, 2.24) is 10.2 Å². The first-order chi connectivity index (χ1) is 9.84. The van der Waals surface area contributed by atoms with Crippen LogP contribution in [-0.4, -0.2) is 30.4 Å². The first kappa shape index (κ1) is 14.1. The molecule has 1 saturated heterocycles. The molecule has 0 spiro atoms. The number of carbonyl (C=O) groups is 1. The Labute approximate surface area is 125 Å². The molecule has 1 aromatic heterocycles. The lowest BCUT2D eigenvalue weighted by molar-refractivity contribution is -0.125. The van der Waals surface area contributed by atoms with Crippen molar-refractivity contribution in [3.8, 4) is 0 Å². The molecule has 110 valence electrons. The van der Waals surface area contributed by atoms with E-state index >= 15 is 0 Å². The van der Waals surface area contributed by atoms with Gasteiger partial charge in [-0.1, -0.05) is 12.8 Å². The summed E-state index contributed by atoms with van der Waals surface area (Å²) in [5.74, 6) is 0.554. The van der Waals surface area contributed by atoms with Crippen LogP contribution in [0.25, 0.3) is 0 Å². The molecule has 2 aliphatic rings. The summed E-state index contributed by atoms with van der Waals surface area (Å²) in [5.41, 5.74) is 1.36. The third kappa shape index (κ3) is 3.23. The molecular weight excluding hydrogens is 268 g/mol. The number of rotatable bonds is 5. The maximum Gasteiger partial charge on any atom is 0.223 e. The number of nitrogens with one attached hydrogen (secondary N) is 1. The van der Waals surface area contributed by atoms with E-state index in [0.717, 1.165) is 19.4 Å². The summed E-state index contributed by atoms with van der Waals surface area (Å²) in [6.07, 6.45) is 7.18. The molecule has 1 atom stereocenters. The van der Waals surface area contributed by atoms with Crippen molar-refractivity contribution in [2.75, 3.05) is 19.6 Å². The molecule has 3 nitrogen and oxygen atoms in total. The van der Waals surface area contributed by atoms with E-state index < -0.39 is 0 Å². The Morgan fingerprint density at radius 1 is 1.30 bits per heavy atom. The highest BCUT2D eigenvalue weighted by Crippen LogP contribution is 2.27. The number of likely N-dealkylation sites (tertiary alicyclic amines) is 1. The number of hydrogen-bond acceptors (Lipinski definition) is 3. The smallest absolute Gasteiger partial charge is 0.223 e. The minimum atomic E-state index is 0.275. The van der Waals surface area contributed by atoms with Crippen molar-refractivity contribution in [3.05, 3.63) is 22.4 Å². The summed E-state index contributed by atoms with van der Waals surface area (Å²) in [4.78, 5) is 14.7. The zero-order valence-corrected chi connectivity index (χ0v) is 12.8. The monoisotopic (exact) mass is 292 g/mol. The molecule has 1 saturated carbocycles. The standard InChI is InChI=1S/C16H24N2OS/c19-16(13-5-1-2-6-13)17-11-15(14-7-10-20-12-14)18-8-3-4-9-18/h7,10,12-13,15H,1-6,8-9,11H2,(H,17,19). The first-order valence-electron chi connectivity index (χ1n) is 7.88. The first-order valence-corrected chi connectivity index (χ1v) is 8.83. The van der Waals surface area contributed by atoms with E-state index in [2.05, 4.69) is 27.0 Å². The fourth-order valence-corrected chi connectivity index (χ4v) is 4.21. The van der Waals surface area contributed by atoms with Crippen LogP contribution >= 0.6 is 11.3 Å². The highest BCUT2D eigenvalue weighted by Gasteiger charge is 2.27. The molecule has 0 radical (unpaired) electrons. The van der Waals surface area contributed by atoms with Crippen LogP contribution in [0, 0.1) is 5.92 Å². The van der Waals surface area contributed by atoms with Gasteiger partial charge >= 0.3 is 0 Å². The van der Waals surface area contributed by atoms with E-state index in [0.29, 0.717) is 6.04 Å². The number of nitrogens with zero attached hydrogens (tertiary/aromatic N) is 1. The normalized spacial score (nSPS) is 22.2. The molecule has 1 amide bonds. The number of carbonyl (C=O) groups excluding carboxylic acids is 1. The molecule has 1 aliphatic carbocycles. The SMILES string of the molecule is O=C(NCC(c1ccsc1)N1CCCC1)C1CCCC1. The van der Waals surface area contributed by atoms with Crippen LogP contribution in [0.2, 0.25) is 0 Å². The van der Waals surface area contributed by atoms with Gasteiger partial charge in [0.25, 0.3) is 0 Å². The maximum absolute atomic E-state index is 12.2. The van der Waals surface area contributed by atoms with Crippen molar-refractivity contribution < 1.29 is 4.79 Å². The van der Waals surface area contributed by atoms with Crippen LogP contribution in [0.1, 0.15) is 50.1 Å². The lowest BCUT2D eigenvalue weighted by atomic mass is 10.1. The fourth-order valence-electron chi connectivity index (χ4n) is 3.51. The molecular formula is C16H24N2OS. The Bertz CT molecular complexity index is 420. The molecule has 0 bridgehead atoms. The van der Waals surface area contributed by atoms with Gasteiger partial charge in [0.05, 0.1) is 6.04 Å². The highest BCUT2D eigenvalue weighted by atomic mass is 32.1.